The van der Waals surface area contributed by atoms with Gasteiger partial charge in [-0.25, -0.2) is 18.0 Å². The highest BCUT2D eigenvalue weighted by Gasteiger charge is 2.32. The summed E-state index contributed by atoms with van der Waals surface area (Å²) in [6, 6.07) is 5.68. The van der Waals surface area contributed by atoms with Gasteiger partial charge in [-0.3, -0.25) is 4.79 Å². The standard InChI is InChI=1S/C27H34N2O7S2/c1-4-35-27(32)24-21-10-5-6-11-22(21)37-25(24)28-23(30)16-36-26(31)19-8-7-9-20(13-19)38(33,34)29-14-17(2)12-18(3)15-29/h7-9,13,17-18H,4-6,10-12,14-16H2,1-3H3,(H,28,30). The second-order valence-corrected chi connectivity index (χ2v) is 13.1. The van der Waals surface area contributed by atoms with Gasteiger partial charge in [-0.15, -0.1) is 11.3 Å². The van der Waals surface area contributed by atoms with Crippen LogP contribution in [0.25, 0.3) is 0 Å². The number of aryl methyl sites for hydroxylation is 1. The molecule has 0 spiro atoms. The molecule has 0 bridgehead atoms. The quantitative estimate of drug-likeness (QED) is 0.478. The molecule has 2 unspecified atom stereocenters. The Bertz CT molecular complexity index is 1310. The van der Waals surface area contributed by atoms with Gasteiger partial charge in [-0.2, -0.15) is 4.31 Å². The first kappa shape index (κ1) is 28.3. The second-order valence-electron chi connectivity index (χ2n) is 10.1. The molecule has 4 rings (SSSR count). The maximum Gasteiger partial charge on any atom is 0.341 e. The number of piperidine rings is 1. The predicted octanol–water partition coefficient (Wildman–Crippen LogP) is 4.27. The lowest BCUT2D eigenvalue weighted by Gasteiger charge is -2.34. The molecule has 11 heteroatoms. The highest BCUT2D eigenvalue weighted by molar-refractivity contribution is 7.89. The smallest absolute Gasteiger partial charge is 0.341 e. The summed E-state index contributed by atoms with van der Waals surface area (Å²) in [5, 5.41) is 3.10. The molecule has 2 heterocycles. The minimum absolute atomic E-state index is 0.0148. The fourth-order valence-corrected chi connectivity index (χ4v) is 8.20. The zero-order valence-electron chi connectivity index (χ0n) is 21.9. The summed E-state index contributed by atoms with van der Waals surface area (Å²) < 4.78 is 38.3. The zero-order valence-corrected chi connectivity index (χ0v) is 23.6. The number of ether oxygens (including phenoxy) is 2. The number of carbonyl (C=O) groups is 3. The molecule has 206 valence electrons. The van der Waals surface area contributed by atoms with Crippen molar-refractivity contribution in [2.45, 2.75) is 57.8 Å². The third-order valence-corrected chi connectivity index (χ3v) is 9.82. The molecule has 1 aliphatic carbocycles. The van der Waals surface area contributed by atoms with E-state index in [4.69, 9.17) is 9.47 Å². The number of nitrogens with zero attached hydrogens (tertiary/aromatic N) is 1. The second kappa shape index (κ2) is 12.0. The molecule has 0 saturated carbocycles. The van der Waals surface area contributed by atoms with Gasteiger partial charge in [0.1, 0.15) is 5.00 Å². The number of hydrogen-bond acceptors (Lipinski definition) is 8. The molecular weight excluding hydrogens is 528 g/mol. The van der Waals surface area contributed by atoms with E-state index in [1.54, 1.807) is 6.92 Å². The van der Waals surface area contributed by atoms with Crippen LogP contribution in [0.5, 0.6) is 0 Å². The lowest BCUT2D eigenvalue weighted by Crippen LogP contribution is -2.42. The van der Waals surface area contributed by atoms with Crippen LogP contribution < -0.4 is 5.32 Å². The average Bonchev–Trinajstić information content (AvgIpc) is 3.24. The normalized spacial score (nSPS) is 19.9. The fraction of sp³-hybridized carbons (Fsp3) is 0.519. The van der Waals surface area contributed by atoms with Gasteiger partial charge < -0.3 is 14.8 Å². The van der Waals surface area contributed by atoms with E-state index in [-0.39, 0.29) is 28.9 Å². The Labute approximate surface area is 227 Å². The first-order chi connectivity index (χ1) is 18.1. The molecule has 1 aliphatic heterocycles. The monoisotopic (exact) mass is 562 g/mol. The highest BCUT2D eigenvalue weighted by atomic mass is 32.2. The highest BCUT2D eigenvalue weighted by Crippen LogP contribution is 2.38. The first-order valence-corrected chi connectivity index (χ1v) is 15.2. The van der Waals surface area contributed by atoms with Gasteiger partial charge in [-0.05, 0) is 74.6 Å². The number of anilines is 1. The Kier molecular flexibility index (Phi) is 8.89. The van der Waals surface area contributed by atoms with Crippen LogP contribution in [0.15, 0.2) is 29.2 Å². The molecule has 1 saturated heterocycles. The third-order valence-electron chi connectivity index (χ3n) is 6.78. The molecule has 0 radical (unpaired) electrons. The van der Waals surface area contributed by atoms with Crippen molar-refractivity contribution in [1.82, 2.24) is 4.31 Å². The topological polar surface area (TPSA) is 119 Å². The van der Waals surface area contributed by atoms with Gasteiger partial charge >= 0.3 is 11.9 Å². The van der Waals surface area contributed by atoms with Crippen molar-refractivity contribution in [1.29, 1.82) is 0 Å². The SMILES string of the molecule is CCOC(=O)c1c(NC(=O)COC(=O)c2cccc(S(=O)(=O)N3CC(C)CC(C)C3)c2)sc2c1CCCC2. The maximum atomic E-state index is 13.2. The number of esters is 2. The van der Waals surface area contributed by atoms with Crippen molar-refractivity contribution in [3.63, 3.8) is 0 Å². The lowest BCUT2D eigenvalue weighted by molar-refractivity contribution is -0.119. The molecule has 1 aromatic heterocycles. The minimum Gasteiger partial charge on any atom is -0.462 e. The Hall–Kier alpha value is -2.76. The van der Waals surface area contributed by atoms with Crippen LogP contribution in [0.1, 0.15) is 71.2 Å². The Morgan fingerprint density at radius 2 is 1.76 bits per heavy atom. The van der Waals surface area contributed by atoms with Gasteiger partial charge in [0.2, 0.25) is 10.0 Å². The van der Waals surface area contributed by atoms with Gasteiger partial charge in [0.15, 0.2) is 6.61 Å². The van der Waals surface area contributed by atoms with Crippen LogP contribution in [-0.2, 0) is 37.1 Å². The number of amides is 1. The maximum absolute atomic E-state index is 13.2. The number of thiophene rings is 1. The van der Waals surface area contributed by atoms with Crippen LogP contribution >= 0.6 is 11.3 Å². The number of nitrogens with one attached hydrogen (secondary N) is 1. The number of sulfonamides is 1. The van der Waals surface area contributed by atoms with E-state index in [0.29, 0.717) is 23.7 Å². The summed E-state index contributed by atoms with van der Waals surface area (Å²) in [5.41, 5.74) is 1.34. The molecule has 1 N–H and O–H groups in total. The lowest BCUT2D eigenvalue weighted by atomic mass is 9.94. The van der Waals surface area contributed by atoms with E-state index in [1.165, 1.54) is 39.9 Å². The fourth-order valence-electron chi connectivity index (χ4n) is 5.18. The summed E-state index contributed by atoms with van der Waals surface area (Å²) in [4.78, 5) is 39.0. The van der Waals surface area contributed by atoms with Gasteiger partial charge in [0.05, 0.1) is 22.6 Å². The summed E-state index contributed by atoms with van der Waals surface area (Å²) in [7, 11) is -3.77. The van der Waals surface area contributed by atoms with Crippen molar-refractivity contribution in [2.75, 3.05) is 31.6 Å². The molecule has 1 aromatic carbocycles. The van der Waals surface area contributed by atoms with Crippen molar-refractivity contribution < 1.29 is 32.3 Å². The number of hydrogen-bond donors (Lipinski definition) is 1. The third kappa shape index (κ3) is 6.27. The van der Waals surface area contributed by atoms with E-state index in [1.807, 2.05) is 13.8 Å². The van der Waals surface area contributed by atoms with Crippen LogP contribution in [0.3, 0.4) is 0 Å². The molecule has 2 aliphatic rings. The predicted molar refractivity (Wildman–Crippen MR) is 144 cm³/mol. The number of benzene rings is 1. The zero-order chi connectivity index (χ0) is 27.4. The average molecular weight is 563 g/mol. The summed E-state index contributed by atoms with van der Waals surface area (Å²) in [6.45, 7) is 6.28. The van der Waals surface area contributed by atoms with E-state index >= 15 is 0 Å². The Balaban J connectivity index is 1.42. The van der Waals surface area contributed by atoms with Gasteiger partial charge in [0.25, 0.3) is 5.91 Å². The largest absolute Gasteiger partial charge is 0.462 e. The molecular formula is C27H34N2O7S2. The summed E-state index contributed by atoms with van der Waals surface area (Å²) in [5.74, 6) is -1.39. The molecule has 9 nitrogen and oxygen atoms in total. The van der Waals surface area contributed by atoms with E-state index in [2.05, 4.69) is 5.32 Å². The molecule has 2 atom stereocenters. The number of fused-ring (bicyclic) bond motifs is 1. The molecule has 2 aromatic rings. The van der Waals surface area contributed by atoms with Crippen molar-refractivity contribution in [2.24, 2.45) is 11.8 Å². The van der Waals surface area contributed by atoms with Crippen LogP contribution in [0, 0.1) is 11.8 Å². The number of rotatable bonds is 8. The van der Waals surface area contributed by atoms with Crippen molar-refractivity contribution in [3.05, 3.63) is 45.8 Å². The van der Waals surface area contributed by atoms with E-state index < -0.39 is 34.5 Å². The molecule has 1 amide bonds. The summed E-state index contributed by atoms with van der Waals surface area (Å²) in [6.07, 6.45) is 4.54. The Morgan fingerprint density at radius 1 is 1.05 bits per heavy atom. The summed E-state index contributed by atoms with van der Waals surface area (Å²) >= 11 is 1.35. The first-order valence-electron chi connectivity index (χ1n) is 13.0. The minimum atomic E-state index is -3.77. The Morgan fingerprint density at radius 3 is 2.47 bits per heavy atom. The van der Waals surface area contributed by atoms with Crippen molar-refractivity contribution >= 4 is 44.2 Å². The molecule has 1 fully saturated rings. The van der Waals surface area contributed by atoms with Crippen LogP contribution in [-0.4, -0.2) is 56.9 Å². The van der Waals surface area contributed by atoms with Crippen molar-refractivity contribution in [3.8, 4) is 0 Å². The van der Waals surface area contributed by atoms with E-state index in [9.17, 15) is 22.8 Å². The number of carbonyl (C=O) groups excluding carboxylic acids is 3. The molecule has 38 heavy (non-hydrogen) atoms. The van der Waals surface area contributed by atoms with Crippen LogP contribution in [0.2, 0.25) is 0 Å². The van der Waals surface area contributed by atoms with Crippen LogP contribution in [0.4, 0.5) is 5.00 Å². The van der Waals surface area contributed by atoms with Gasteiger partial charge in [-0.1, -0.05) is 19.9 Å². The van der Waals surface area contributed by atoms with E-state index in [0.717, 1.165) is 42.5 Å². The van der Waals surface area contributed by atoms with Gasteiger partial charge in [0, 0.05) is 18.0 Å².